The Morgan fingerprint density at radius 2 is 2.19 bits per heavy atom. The van der Waals surface area contributed by atoms with Gasteiger partial charge in [-0.1, -0.05) is 28.4 Å². The molecule has 0 amide bonds. The van der Waals surface area contributed by atoms with Gasteiger partial charge in [0, 0.05) is 10.9 Å². The number of rotatable bonds is 6. The fourth-order valence-corrected chi connectivity index (χ4v) is 3.16. The average Bonchev–Trinajstić information content (AvgIpc) is 3.27. The summed E-state index contributed by atoms with van der Waals surface area (Å²) < 4.78 is 39.5. The maximum absolute atomic E-state index is 12.5. The number of hydrogen-bond acceptors (Lipinski definition) is 6. The molecular formula is C16H10Cl2F2N2O3S. The van der Waals surface area contributed by atoms with Crippen molar-refractivity contribution in [3.63, 3.8) is 0 Å². The number of nitrogens with zero attached hydrogens (tertiary/aromatic N) is 2. The summed E-state index contributed by atoms with van der Waals surface area (Å²) >= 11 is 13.7. The van der Waals surface area contributed by atoms with E-state index in [2.05, 4.69) is 14.9 Å². The highest BCUT2D eigenvalue weighted by atomic mass is 35.5. The molecule has 0 unspecified atom stereocenters. The number of halogens is 4. The van der Waals surface area contributed by atoms with E-state index in [9.17, 15) is 8.78 Å². The number of ether oxygens (including phenoxy) is 2. The molecule has 0 radical (unpaired) electrons. The van der Waals surface area contributed by atoms with Crippen LogP contribution in [0.4, 0.5) is 8.78 Å². The van der Waals surface area contributed by atoms with Gasteiger partial charge in [0.15, 0.2) is 11.5 Å². The van der Waals surface area contributed by atoms with Gasteiger partial charge in [0.1, 0.15) is 5.03 Å². The molecule has 2 heterocycles. The Balaban J connectivity index is 1.90. The van der Waals surface area contributed by atoms with Gasteiger partial charge in [-0.25, -0.2) is 0 Å². The topological polar surface area (TPSA) is 57.4 Å². The predicted octanol–water partition coefficient (Wildman–Crippen LogP) is 5.80. The summed E-state index contributed by atoms with van der Waals surface area (Å²) in [4.78, 5) is 4.21. The Morgan fingerprint density at radius 1 is 1.38 bits per heavy atom. The highest BCUT2D eigenvalue weighted by molar-refractivity contribution is 7.08. The average molecular weight is 419 g/mol. The fourth-order valence-electron chi connectivity index (χ4n) is 2.06. The lowest BCUT2D eigenvalue weighted by Gasteiger charge is -2.12. The SMILES string of the molecule is COc1cc(/C=C(/Cl)c2nc(-c3ccsc3)no2)cc(Cl)c1OC(F)F. The van der Waals surface area contributed by atoms with E-state index in [0.29, 0.717) is 11.4 Å². The zero-order valence-electron chi connectivity index (χ0n) is 13.1. The summed E-state index contributed by atoms with van der Waals surface area (Å²) in [6.45, 7) is -3.03. The normalized spacial score (nSPS) is 11.8. The lowest BCUT2D eigenvalue weighted by atomic mass is 10.2. The molecule has 3 rings (SSSR count). The van der Waals surface area contributed by atoms with Gasteiger partial charge < -0.3 is 14.0 Å². The van der Waals surface area contributed by atoms with Gasteiger partial charge in [-0.15, -0.1) is 0 Å². The van der Waals surface area contributed by atoms with Crippen LogP contribution in [0.2, 0.25) is 5.02 Å². The maximum atomic E-state index is 12.5. The second-order valence-electron chi connectivity index (χ2n) is 4.84. The molecule has 2 aromatic heterocycles. The standard InChI is InChI=1S/C16H10Cl2F2N2O3S/c1-23-12-6-8(4-10(17)13(12)24-16(19)20)5-11(18)15-21-14(22-25-15)9-2-3-26-7-9/h2-7,16H,1H3/b11-5+. The summed E-state index contributed by atoms with van der Waals surface area (Å²) in [6.07, 6.45) is 1.49. The Kier molecular flexibility index (Phi) is 5.75. The van der Waals surface area contributed by atoms with Crippen LogP contribution in [0, 0.1) is 0 Å². The number of alkyl halides is 2. The molecule has 1 aromatic carbocycles. The molecule has 0 aliphatic carbocycles. The molecule has 0 fully saturated rings. The minimum atomic E-state index is -3.03. The number of benzene rings is 1. The third-order valence-corrected chi connectivity index (χ3v) is 4.40. The third-order valence-electron chi connectivity index (χ3n) is 3.16. The predicted molar refractivity (Wildman–Crippen MR) is 96.0 cm³/mol. The van der Waals surface area contributed by atoms with E-state index in [1.54, 1.807) is 0 Å². The quantitative estimate of drug-likeness (QED) is 0.506. The first-order chi connectivity index (χ1) is 12.5. The van der Waals surface area contributed by atoms with Gasteiger partial charge in [0.2, 0.25) is 5.82 Å². The number of hydrogen-bond donors (Lipinski definition) is 0. The maximum Gasteiger partial charge on any atom is 0.387 e. The number of thiophene rings is 1. The van der Waals surface area contributed by atoms with E-state index in [4.69, 9.17) is 32.5 Å². The largest absolute Gasteiger partial charge is 0.493 e. The van der Waals surface area contributed by atoms with Crippen LogP contribution in [0.5, 0.6) is 11.5 Å². The molecule has 0 atom stereocenters. The van der Waals surface area contributed by atoms with Gasteiger partial charge in [0.05, 0.1) is 12.1 Å². The van der Waals surface area contributed by atoms with Crippen molar-refractivity contribution in [2.75, 3.05) is 7.11 Å². The highest BCUT2D eigenvalue weighted by Crippen LogP contribution is 2.38. The van der Waals surface area contributed by atoms with E-state index >= 15 is 0 Å². The molecule has 0 N–H and O–H groups in total. The molecule has 0 bridgehead atoms. The molecule has 26 heavy (non-hydrogen) atoms. The van der Waals surface area contributed by atoms with Crippen LogP contribution < -0.4 is 9.47 Å². The summed E-state index contributed by atoms with van der Waals surface area (Å²) in [6, 6.07) is 4.70. The van der Waals surface area contributed by atoms with Gasteiger partial charge in [-0.2, -0.15) is 25.1 Å². The second kappa shape index (κ2) is 8.03. The second-order valence-corrected chi connectivity index (χ2v) is 6.43. The van der Waals surface area contributed by atoms with E-state index in [0.717, 1.165) is 5.56 Å². The molecule has 0 aliphatic heterocycles. The Morgan fingerprint density at radius 3 is 2.85 bits per heavy atom. The molecule has 136 valence electrons. The van der Waals surface area contributed by atoms with Gasteiger partial charge in [-0.3, -0.25) is 0 Å². The van der Waals surface area contributed by atoms with Crippen molar-refractivity contribution in [3.8, 4) is 22.9 Å². The van der Waals surface area contributed by atoms with Crippen molar-refractivity contribution in [3.05, 3.63) is 45.4 Å². The Hall–Kier alpha value is -2.16. The van der Waals surface area contributed by atoms with E-state index in [-0.39, 0.29) is 27.4 Å². The number of methoxy groups -OCH3 is 1. The van der Waals surface area contributed by atoms with Gasteiger partial charge in [0.25, 0.3) is 5.89 Å². The van der Waals surface area contributed by atoms with Crippen LogP contribution in [-0.4, -0.2) is 23.9 Å². The molecule has 10 heteroatoms. The first-order valence-corrected chi connectivity index (χ1v) is 8.74. The Bertz CT molecular complexity index is 930. The molecular weight excluding hydrogens is 409 g/mol. The Labute approximate surface area is 160 Å². The monoisotopic (exact) mass is 418 g/mol. The van der Waals surface area contributed by atoms with Gasteiger partial charge in [-0.05, 0) is 35.2 Å². The molecule has 5 nitrogen and oxygen atoms in total. The molecule has 0 saturated carbocycles. The summed E-state index contributed by atoms with van der Waals surface area (Å²) in [5.41, 5.74) is 1.29. The van der Waals surface area contributed by atoms with Crippen molar-refractivity contribution in [2.24, 2.45) is 0 Å². The molecule has 3 aromatic rings. The molecule has 0 spiro atoms. The van der Waals surface area contributed by atoms with Crippen molar-refractivity contribution in [2.45, 2.75) is 6.61 Å². The van der Waals surface area contributed by atoms with Crippen molar-refractivity contribution in [1.82, 2.24) is 10.1 Å². The molecule has 0 aliphatic rings. The lowest BCUT2D eigenvalue weighted by molar-refractivity contribution is -0.0511. The fraction of sp³-hybridized carbons (Fsp3) is 0.125. The summed E-state index contributed by atoms with van der Waals surface area (Å²) in [7, 11) is 1.31. The van der Waals surface area contributed by atoms with Gasteiger partial charge >= 0.3 is 6.61 Å². The lowest BCUT2D eigenvalue weighted by Crippen LogP contribution is -2.04. The van der Waals surface area contributed by atoms with Crippen molar-refractivity contribution in [1.29, 1.82) is 0 Å². The minimum Gasteiger partial charge on any atom is -0.493 e. The summed E-state index contributed by atoms with van der Waals surface area (Å²) in [5, 5.41) is 7.72. The van der Waals surface area contributed by atoms with Crippen molar-refractivity contribution < 1.29 is 22.8 Å². The van der Waals surface area contributed by atoms with Crippen LogP contribution >= 0.6 is 34.5 Å². The van der Waals surface area contributed by atoms with E-state index in [1.165, 1.54) is 36.7 Å². The first-order valence-electron chi connectivity index (χ1n) is 7.04. The summed E-state index contributed by atoms with van der Waals surface area (Å²) in [5.74, 6) is 0.299. The first kappa shape index (κ1) is 18.6. The minimum absolute atomic E-state index is 0.0398. The van der Waals surface area contributed by atoms with Crippen LogP contribution in [0.3, 0.4) is 0 Å². The van der Waals surface area contributed by atoms with Crippen LogP contribution in [0.25, 0.3) is 22.5 Å². The zero-order chi connectivity index (χ0) is 18.7. The van der Waals surface area contributed by atoms with Crippen LogP contribution in [0.1, 0.15) is 11.5 Å². The third kappa shape index (κ3) is 4.14. The van der Waals surface area contributed by atoms with Crippen molar-refractivity contribution >= 4 is 45.6 Å². The highest BCUT2D eigenvalue weighted by Gasteiger charge is 2.17. The van der Waals surface area contributed by atoms with Crippen LogP contribution in [-0.2, 0) is 0 Å². The number of aromatic nitrogens is 2. The van der Waals surface area contributed by atoms with Crippen LogP contribution in [0.15, 0.2) is 33.5 Å². The zero-order valence-corrected chi connectivity index (χ0v) is 15.4. The van der Waals surface area contributed by atoms with E-state index < -0.39 is 6.61 Å². The molecule has 0 saturated heterocycles. The smallest absolute Gasteiger partial charge is 0.387 e. The van der Waals surface area contributed by atoms with E-state index in [1.807, 2.05) is 16.8 Å².